The molecular weight excluding hydrogens is 394 g/mol. The van der Waals surface area contributed by atoms with Crippen LogP contribution >= 0.6 is 15.9 Å². The van der Waals surface area contributed by atoms with Crippen molar-refractivity contribution in [3.8, 4) is 0 Å². The zero-order valence-corrected chi connectivity index (χ0v) is 16.6. The average molecular weight is 418 g/mol. The number of halogens is 1. The predicted octanol–water partition coefficient (Wildman–Crippen LogP) is 5.64. The molecule has 0 saturated carbocycles. The van der Waals surface area contributed by atoms with Gasteiger partial charge in [0, 0.05) is 17.4 Å². The van der Waals surface area contributed by atoms with Crippen molar-refractivity contribution >= 4 is 27.8 Å². The Kier molecular flexibility index (Phi) is 7.39. The van der Waals surface area contributed by atoms with Crippen LogP contribution in [0.5, 0.6) is 0 Å². The van der Waals surface area contributed by atoms with Crippen molar-refractivity contribution < 1.29 is 14.7 Å². The molecule has 0 aromatic heterocycles. The van der Waals surface area contributed by atoms with Crippen LogP contribution in [0.2, 0.25) is 0 Å². The van der Waals surface area contributed by atoms with Gasteiger partial charge in [0.1, 0.15) is 5.78 Å². The Morgan fingerprint density at radius 3 is 2.19 bits per heavy atom. The van der Waals surface area contributed by atoms with Gasteiger partial charge in [0.2, 0.25) is 0 Å². The summed E-state index contributed by atoms with van der Waals surface area (Å²) in [7, 11) is 0. The van der Waals surface area contributed by atoms with E-state index < -0.39 is 6.09 Å². The molecule has 0 unspecified atom stereocenters. The Labute approximate surface area is 163 Å². The third-order valence-electron chi connectivity index (χ3n) is 4.59. The normalized spacial score (nSPS) is 13.0. The lowest BCUT2D eigenvalue weighted by molar-refractivity contribution is -0.117. The molecule has 2 aromatic carbocycles. The number of rotatable bonds is 8. The van der Waals surface area contributed by atoms with E-state index in [1.165, 1.54) is 4.90 Å². The molecule has 2 atom stereocenters. The van der Waals surface area contributed by atoms with E-state index in [0.717, 1.165) is 15.6 Å². The van der Waals surface area contributed by atoms with Crippen LogP contribution in [0.15, 0.2) is 59.1 Å². The number of carboxylic acid groups (broad SMARTS) is 1. The fourth-order valence-corrected chi connectivity index (χ4v) is 3.39. The van der Waals surface area contributed by atoms with Crippen molar-refractivity contribution in [3.63, 3.8) is 0 Å². The summed E-state index contributed by atoms with van der Waals surface area (Å²) in [5, 5.41) is 9.67. The molecule has 0 bridgehead atoms. The number of ketones is 1. The van der Waals surface area contributed by atoms with Crippen molar-refractivity contribution in [1.82, 2.24) is 4.90 Å². The summed E-state index contributed by atoms with van der Waals surface area (Å²) >= 11 is 3.40. The molecule has 0 heterocycles. The summed E-state index contributed by atoms with van der Waals surface area (Å²) in [6.07, 6.45) is 0.0796. The van der Waals surface area contributed by atoms with Crippen LogP contribution in [0.4, 0.5) is 4.79 Å². The van der Waals surface area contributed by atoms with E-state index in [1.807, 2.05) is 61.5 Å². The van der Waals surface area contributed by atoms with E-state index >= 15 is 0 Å². The highest BCUT2D eigenvalue weighted by molar-refractivity contribution is 9.10. The number of nitrogens with zero attached hydrogens (tertiary/aromatic N) is 1. The number of amides is 1. The third kappa shape index (κ3) is 5.70. The zero-order valence-electron chi connectivity index (χ0n) is 15.1. The average Bonchev–Trinajstić information content (AvgIpc) is 2.61. The van der Waals surface area contributed by atoms with Gasteiger partial charge in [-0.25, -0.2) is 4.79 Å². The first-order valence-corrected chi connectivity index (χ1v) is 9.47. The standard InChI is InChI=1S/C21H24BrNO3/c1-15(24)14-19(18-6-4-3-5-7-18)12-13-23(21(25)26)16(2)17-8-10-20(22)11-9-17/h3-11,16,19H,12-14H2,1-2H3,(H,25,26)/t16-,19+/m0/s1. The Morgan fingerprint density at radius 2 is 1.65 bits per heavy atom. The van der Waals surface area contributed by atoms with Crippen molar-refractivity contribution in [1.29, 1.82) is 0 Å². The van der Waals surface area contributed by atoms with Gasteiger partial charge < -0.3 is 14.8 Å². The van der Waals surface area contributed by atoms with Gasteiger partial charge in [-0.3, -0.25) is 0 Å². The molecule has 0 fully saturated rings. The van der Waals surface area contributed by atoms with E-state index in [0.29, 0.717) is 19.4 Å². The fraction of sp³-hybridized carbons (Fsp3) is 0.333. The van der Waals surface area contributed by atoms with Gasteiger partial charge in [-0.15, -0.1) is 0 Å². The number of carbonyl (C=O) groups is 2. The van der Waals surface area contributed by atoms with E-state index in [9.17, 15) is 14.7 Å². The van der Waals surface area contributed by atoms with Crippen LogP contribution < -0.4 is 0 Å². The number of hydrogen-bond acceptors (Lipinski definition) is 2. The summed E-state index contributed by atoms with van der Waals surface area (Å²) in [5.41, 5.74) is 2.02. The first-order chi connectivity index (χ1) is 12.4. The molecule has 5 heteroatoms. The molecule has 0 radical (unpaired) electrons. The SMILES string of the molecule is CC(=O)C[C@@H](CCN(C(=O)O)[C@@H](C)c1ccc(Br)cc1)c1ccccc1. The summed E-state index contributed by atoms with van der Waals surface area (Å²) in [6, 6.07) is 17.2. The molecule has 0 aliphatic heterocycles. The van der Waals surface area contributed by atoms with Gasteiger partial charge in [0.05, 0.1) is 6.04 Å². The first kappa shape index (κ1) is 20.2. The number of carbonyl (C=O) groups excluding carboxylic acids is 1. The lowest BCUT2D eigenvalue weighted by Crippen LogP contribution is -2.34. The maximum absolute atomic E-state index is 11.8. The summed E-state index contributed by atoms with van der Waals surface area (Å²) < 4.78 is 0.959. The number of Topliss-reactive ketones (excluding diaryl/α,β-unsaturated/α-hetero) is 1. The lowest BCUT2D eigenvalue weighted by atomic mass is 9.90. The minimum Gasteiger partial charge on any atom is -0.465 e. The molecule has 0 saturated heterocycles. The number of benzene rings is 2. The third-order valence-corrected chi connectivity index (χ3v) is 5.12. The van der Waals surface area contributed by atoms with Gasteiger partial charge in [-0.1, -0.05) is 58.4 Å². The Bertz CT molecular complexity index is 731. The molecule has 26 heavy (non-hydrogen) atoms. The Balaban J connectivity index is 2.13. The van der Waals surface area contributed by atoms with Crippen LogP contribution in [0, 0.1) is 0 Å². The molecule has 1 N–H and O–H groups in total. The minimum atomic E-state index is -0.949. The topological polar surface area (TPSA) is 57.6 Å². The monoisotopic (exact) mass is 417 g/mol. The molecule has 2 rings (SSSR count). The quantitative estimate of drug-likeness (QED) is 0.603. The first-order valence-electron chi connectivity index (χ1n) is 8.68. The molecular formula is C21H24BrNO3. The minimum absolute atomic E-state index is 0.0210. The van der Waals surface area contributed by atoms with Crippen LogP contribution in [0.1, 0.15) is 49.8 Å². The second-order valence-electron chi connectivity index (χ2n) is 6.51. The van der Waals surface area contributed by atoms with Gasteiger partial charge >= 0.3 is 6.09 Å². The maximum Gasteiger partial charge on any atom is 0.407 e. The predicted molar refractivity (Wildman–Crippen MR) is 106 cm³/mol. The Hall–Kier alpha value is -2.14. The van der Waals surface area contributed by atoms with Crippen LogP contribution in [0.25, 0.3) is 0 Å². The summed E-state index contributed by atoms with van der Waals surface area (Å²) in [6.45, 7) is 3.84. The lowest BCUT2D eigenvalue weighted by Gasteiger charge is -2.28. The van der Waals surface area contributed by atoms with Crippen molar-refractivity contribution in [3.05, 3.63) is 70.2 Å². The Morgan fingerprint density at radius 1 is 1.04 bits per heavy atom. The van der Waals surface area contributed by atoms with Gasteiger partial charge in [0.25, 0.3) is 0 Å². The maximum atomic E-state index is 11.8. The van der Waals surface area contributed by atoms with Crippen LogP contribution in [0.3, 0.4) is 0 Å². The molecule has 1 amide bonds. The van der Waals surface area contributed by atoms with Crippen molar-refractivity contribution in [2.45, 2.75) is 38.6 Å². The molecule has 0 spiro atoms. The molecule has 2 aromatic rings. The van der Waals surface area contributed by atoms with Crippen molar-refractivity contribution in [2.75, 3.05) is 6.54 Å². The van der Waals surface area contributed by atoms with Gasteiger partial charge in [-0.2, -0.15) is 0 Å². The van der Waals surface area contributed by atoms with E-state index in [2.05, 4.69) is 15.9 Å². The molecule has 138 valence electrons. The van der Waals surface area contributed by atoms with E-state index in [1.54, 1.807) is 6.92 Å². The van der Waals surface area contributed by atoms with E-state index in [-0.39, 0.29) is 17.7 Å². The summed E-state index contributed by atoms with van der Waals surface area (Å²) in [5.74, 6) is 0.134. The van der Waals surface area contributed by atoms with E-state index in [4.69, 9.17) is 0 Å². The number of hydrogen-bond donors (Lipinski definition) is 1. The van der Waals surface area contributed by atoms with Crippen molar-refractivity contribution in [2.24, 2.45) is 0 Å². The summed E-state index contributed by atoms with van der Waals surface area (Å²) in [4.78, 5) is 24.9. The fourth-order valence-electron chi connectivity index (χ4n) is 3.13. The molecule has 4 nitrogen and oxygen atoms in total. The largest absolute Gasteiger partial charge is 0.465 e. The smallest absolute Gasteiger partial charge is 0.407 e. The van der Waals surface area contributed by atoms with Gasteiger partial charge in [0.15, 0.2) is 0 Å². The van der Waals surface area contributed by atoms with Gasteiger partial charge in [-0.05, 0) is 49.4 Å². The zero-order chi connectivity index (χ0) is 19.1. The second-order valence-corrected chi connectivity index (χ2v) is 7.42. The highest BCUT2D eigenvalue weighted by Gasteiger charge is 2.23. The highest BCUT2D eigenvalue weighted by atomic mass is 79.9. The molecule has 0 aliphatic carbocycles. The highest BCUT2D eigenvalue weighted by Crippen LogP contribution is 2.27. The second kappa shape index (κ2) is 9.53. The van der Waals surface area contributed by atoms with Crippen LogP contribution in [-0.2, 0) is 4.79 Å². The molecule has 0 aliphatic rings. The van der Waals surface area contributed by atoms with Crippen LogP contribution in [-0.4, -0.2) is 28.4 Å².